The molecule has 82 valence electrons. The minimum Gasteiger partial charge on any atom is -0.369 e. The van der Waals surface area contributed by atoms with E-state index in [2.05, 4.69) is 21.2 Å². The molecule has 0 spiro atoms. The number of primary amides is 1. The number of halogens is 3. The van der Waals surface area contributed by atoms with Crippen molar-refractivity contribution in [3.8, 4) is 0 Å². The van der Waals surface area contributed by atoms with Crippen LogP contribution in [0.1, 0.15) is 6.92 Å². The zero-order valence-corrected chi connectivity index (χ0v) is 9.44. The monoisotopic (exact) mass is 278 g/mol. The van der Waals surface area contributed by atoms with Crippen LogP contribution in [0.15, 0.2) is 16.6 Å². The predicted molar refractivity (Wildman–Crippen MR) is 56.3 cm³/mol. The van der Waals surface area contributed by atoms with Gasteiger partial charge in [0, 0.05) is 4.47 Å². The van der Waals surface area contributed by atoms with Crippen molar-refractivity contribution in [2.75, 3.05) is 5.32 Å². The van der Waals surface area contributed by atoms with Gasteiger partial charge in [0.2, 0.25) is 5.91 Å². The summed E-state index contributed by atoms with van der Waals surface area (Å²) in [5.74, 6) is -2.25. The molecule has 1 aromatic rings. The zero-order valence-electron chi connectivity index (χ0n) is 7.85. The molecule has 15 heavy (non-hydrogen) atoms. The topological polar surface area (TPSA) is 55.1 Å². The van der Waals surface area contributed by atoms with Gasteiger partial charge in [0.15, 0.2) is 0 Å². The normalized spacial score (nSPS) is 12.3. The Balaban J connectivity index is 3.00. The molecule has 0 aliphatic carbocycles. The second-order valence-corrected chi connectivity index (χ2v) is 3.93. The molecule has 0 fully saturated rings. The van der Waals surface area contributed by atoms with Gasteiger partial charge in [-0.3, -0.25) is 4.79 Å². The lowest BCUT2D eigenvalue weighted by Gasteiger charge is -2.13. The number of carbonyl (C=O) groups is 1. The highest BCUT2D eigenvalue weighted by atomic mass is 79.9. The maximum Gasteiger partial charge on any atom is 0.239 e. The van der Waals surface area contributed by atoms with E-state index in [-0.39, 0.29) is 10.2 Å². The molecule has 1 unspecified atom stereocenters. The van der Waals surface area contributed by atoms with Crippen molar-refractivity contribution < 1.29 is 13.6 Å². The first-order valence-corrected chi connectivity index (χ1v) is 4.91. The summed E-state index contributed by atoms with van der Waals surface area (Å²) in [6.45, 7) is 1.42. The van der Waals surface area contributed by atoms with Crippen LogP contribution in [0, 0.1) is 11.6 Å². The molecule has 0 bridgehead atoms. The predicted octanol–water partition coefficient (Wildman–Crippen LogP) is 2.01. The Bertz CT molecular complexity index is 375. The number of amides is 1. The van der Waals surface area contributed by atoms with Gasteiger partial charge in [-0.15, -0.1) is 0 Å². The summed E-state index contributed by atoms with van der Waals surface area (Å²) in [6, 6.07) is 1.35. The Labute approximate surface area is 93.8 Å². The second-order valence-electron chi connectivity index (χ2n) is 3.01. The standard InChI is InChI=1S/C9H9BrF2N2O/c1-4(9(13)15)14-8-6(11)2-5(10)3-7(8)12/h2-4,14H,1H3,(H2,13,15). The van der Waals surface area contributed by atoms with Crippen molar-refractivity contribution in [1.29, 1.82) is 0 Å². The number of hydrogen-bond donors (Lipinski definition) is 2. The molecule has 3 N–H and O–H groups in total. The molecule has 0 radical (unpaired) electrons. The van der Waals surface area contributed by atoms with E-state index in [0.717, 1.165) is 12.1 Å². The van der Waals surface area contributed by atoms with Crippen molar-refractivity contribution in [2.24, 2.45) is 5.73 Å². The van der Waals surface area contributed by atoms with E-state index in [1.165, 1.54) is 6.92 Å². The molecule has 1 atom stereocenters. The Morgan fingerprint density at radius 1 is 1.47 bits per heavy atom. The number of nitrogens with one attached hydrogen (secondary N) is 1. The van der Waals surface area contributed by atoms with Crippen LogP contribution in [0.5, 0.6) is 0 Å². The maximum atomic E-state index is 13.3. The molecule has 0 aliphatic heterocycles. The van der Waals surface area contributed by atoms with E-state index in [1.807, 2.05) is 0 Å². The van der Waals surface area contributed by atoms with Gasteiger partial charge in [-0.2, -0.15) is 0 Å². The minimum atomic E-state index is -0.838. The lowest BCUT2D eigenvalue weighted by atomic mass is 10.2. The average molecular weight is 279 g/mol. The Morgan fingerprint density at radius 3 is 2.33 bits per heavy atom. The van der Waals surface area contributed by atoms with Crippen molar-refractivity contribution in [3.05, 3.63) is 28.2 Å². The lowest BCUT2D eigenvalue weighted by Crippen LogP contribution is -2.33. The van der Waals surface area contributed by atoms with Crippen LogP contribution >= 0.6 is 15.9 Å². The van der Waals surface area contributed by atoms with Crippen LogP contribution < -0.4 is 11.1 Å². The first kappa shape index (κ1) is 11.9. The van der Waals surface area contributed by atoms with E-state index in [9.17, 15) is 13.6 Å². The minimum absolute atomic E-state index is 0.287. The SMILES string of the molecule is CC(Nc1c(F)cc(Br)cc1F)C(N)=O. The van der Waals surface area contributed by atoms with Crippen molar-refractivity contribution in [1.82, 2.24) is 0 Å². The third kappa shape index (κ3) is 2.89. The fraction of sp³-hybridized carbons (Fsp3) is 0.222. The van der Waals surface area contributed by atoms with Crippen LogP contribution in [0.4, 0.5) is 14.5 Å². The highest BCUT2D eigenvalue weighted by Crippen LogP contribution is 2.24. The third-order valence-electron chi connectivity index (χ3n) is 1.79. The first-order valence-electron chi connectivity index (χ1n) is 4.12. The van der Waals surface area contributed by atoms with Crippen molar-refractivity contribution in [2.45, 2.75) is 13.0 Å². The highest BCUT2D eigenvalue weighted by Gasteiger charge is 2.15. The first-order chi connectivity index (χ1) is 6.91. The summed E-state index contributed by atoms with van der Waals surface area (Å²) >= 11 is 2.94. The summed E-state index contributed by atoms with van der Waals surface area (Å²) in [6.07, 6.45) is 0. The fourth-order valence-corrected chi connectivity index (χ4v) is 1.37. The van der Waals surface area contributed by atoms with E-state index >= 15 is 0 Å². The average Bonchev–Trinajstić information content (AvgIpc) is 2.10. The lowest BCUT2D eigenvalue weighted by molar-refractivity contribution is -0.118. The van der Waals surface area contributed by atoms with Crippen LogP contribution in [0.2, 0.25) is 0 Å². The summed E-state index contributed by atoms with van der Waals surface area (Å²) in [4.78, 5) is 10.7. The molecule has 1 rings (SSSR count). The Hall–Kier alpha value is -1.17. The molecule has 0 saturated carbocycles. The zero-order chi connectivity index (χ0) is 11.6. The van der Waals surface area contributed by atoms with Crippen LogP contribution in [-0.4, -0.2) is 11.9 Å². The molecule has 3 nitrogen and oxygen atoms in total. The van der Waals surface area contributed by atoms with Crippen LogP contribution in [0.25, 0.3) is 0 Å². The Kier molecular flexibility index (Phi) is 3.62. The number of anilines is 1. The highest BCUT2D eigenvalue weighted by molar-refractivity contribution is 9.10. The van der Waals surface area contributed by atoms with Gasteiger partial charge in [0.05, 0.1) is 0 Å². The molecule has 0 saturated heterocycles. The number of carbonyl (C=O) groups excluding carboxylic acids is 1. The summed E-state index contributed by atoms with van der Waals surface area (Å²) in [5, 5.41) is 2.36. The van der Waals surface area contributed by atoms with E-state index in [0.29, 0.717) is 0 Å². The molecule has 1 amide bonds. The maximum absolute atomic E-state index is 13.3. The smallest absolute Gasteiger partial charge is 0.239 e. The number of rotatable bonds is 3. The molecule has 0 heterocycles. The van der Waals surface area contributed by atoms with Crippen molar-refractivity contribution in [3.63, 3.8) is 0 Å². The van der Waals surface area contributed by atoms with E-state index in [4.69, 9.17) is 5.73 Å². The molecular formula is C9H9BrF2N2O. The number of nitrogens with two attached hydrogens (primary N) is 1. The summed E-state index contributed by atoms with van der Waals surface area (Å²) < 4.78 is 26.8. The molecule has 1 aromatic carbocycles. The summed E-state index contributed by atoms with van der Waals surface area (Å²) in [7, 11) is 0. The van der Waals surface area contributed by atoms with E-state index in [1.54, 1.807) is 0 Å². The van der Waals surface area contributed by atoms with Gasteiger partial charge in [-0.1, -0.05) is 15.9 Å². The van der Waals surface area contributed by atoms with Gasteiger partial charge in [0.1, 0.15) is 23.4 Å². The molecule has 0 aliphatic rings. The van der Waals surface area contributed by atoms with Crippen LogP contribution in [-0.2, 0) is 4.79 Å². The van der Waals surface area contributed by atoms with Gasteiger partial charge in [-0.25, -0.2) is 8.78 Å². The molecular weight excluding hydrogens is 270 g/mol. The Morgan fingerprint density at radius 2 is 1.93 bits per heavy atom. The third-order valence-corrected chi connectivity index (χ3v) is 2.25. The quantitative estimate of drug-likeness (QED) is 0.889. The molecule has 0 aromatic heterocycles. The van der Waals surface area contributed by atoms with Crippen molar-refractivity contribution >= 4 is 27.5 Å². The van der Waals surface area contributed by atoms with Gasteiger partial charge in [0.25, 0.3) is 0 Å². The fourth-order valence-electron chi connectivity index (χ4n) is 0.968. The van der Waals surface area contributed by atoms with E-state index < -0.39 is 23.6 Å². The van der Waals surface area contributed by atoms with Gasteiger partial charge >= 0.3 is 0 Å². The van der Waals surface area contributed by atoms with Gasteiger partial charge < -0.3 is 11.1 Å². The second kappa shape index (κ2) is 4.57. The van der Waals surface area contributed by atoms with Gasteiger partial charge in [-0.05, 0) is 19.1 Å². The number of hydrogen-bond acceptors (Lipinski definition) is 2. The summed E-state index contributed by atoms with van der Waals surface area (Å²) in [5.41, 5.74) is 4.60. The van der Waals surface area contributed by atoms with Crippen LogP contribution in [0.3, 0.4) is 0 Å². The number of benzene rings is 1. The largest absolute Gasteiger partial charge is 0.369 e. The molecule has 6 heteroatoms.